The zero-order valence-electron chi connectivity index (χ0n) is 13.8. The first kappa shape index (κ1) is 17.1. The third-order valence-corrected chi connectivity index (χ3v) is 4.14. The first-order valence-corrected chi connectivity index (χ1v) is 8.28. The standard InChI is InChI=1S/C19H20N2O4/c22-18(16-9-4-10-17(20-16)19(23)24)21(13-15-8-5-11-25-15)12-14-6-2-1-3-7-14/h1-4,6-7,9-10,15H,5,8,11-13H2,(H,23,24)/t15-/m1/s1. The molecule has 1 amide bonds. The van der Waals surface area contributed by atoms with Gasteiger partial charge in [0.1, 0.15) is 11.4 Å². The molecule has 2 heterocycles. The number of carbonyl (C=O) groups excluding carboxylic acids is 1. The largest absolute Gasteiger partial charge is 0.477 e. The first-order chi connectivity index (χ1) is 12.1. The number of carboxylic acid groups (broad SMARTS) is 1. The number of pyridine rings is 1. The van der Waals surface area contributed by atoms with Crippen LogP contribution in [-0.2, 0) is 11.3 Å². The van der Waals surface area contributed by atoms with Gasteiger partial charge in [-0.2, -0.15) is 0 Å². The van der Waals surface area contributed by atoms with Crippen LogP contribution in [0.3, 0.4) is 0 Å². The third-order valence-electron chi connectivity index (χ3n) is 4.14. The fourth-order valence-corrected chi connectivity index (χ4v) is 2.89. The van der Waals surface area contributed by atoms with Gasteiger partial charge in [-0.25, -0.2) is 9.78 Å². The minimum absolute atomic E-state index is 0.00955. The highest BCUT2D eigenvalue weighted by molar-refractivity contribution is 5.94. The molecular weight excluding hydrogens is 320 g/mol. The summed E-state index contributed by atoms with van der Waals surface area (Å²) in [7, 11) is 0. The van der Waals surface area contributed by atoms with Crippen molar-refractivity contribution in [1.29, 1.82) is 0 Å². The molecule has 0 bridgehead atoms. The SMILES string of the molecule is O=C(O)c1cccc(C(=O)N(Cc2ccccc2)C[C@H]2CCCO2)n1. The van der Waals surface area contributed by atoms with E-state index in [-0.39, 0.29) is 23.4 Å². The number of ether oxygens (including phenoxy) is 1. The van der Waals surface area contributed by atoms with Crippen LogP contribution < -0.4 is 0 Å². The van der Waals surface area contributed by atoms with Crippen molar-refractivity contribution in [2.45, 2.75) is 25.5 Å². The molecule has 2 aromatic rings. The van der Waals surface area contributed by atoms with E-state index in [1.54, 1.807) is 11.0 Å². The second-order valence-electron chi connectivity index (χ2n) is 6.02. The van der Waals surface area contributed by atoms with E-state index in [0.717, 1.165) is 18.4 Å². The second-order valence-corrected chi connectivity index (χ2v) is 6.02. The summed E-state index contributed by atoms with van der Waals surface area (Å²) in [5.74, 6) is -1.44. The van der Waals surface area contributed by atoms with Crippen LogP contribution in [0.5, 0.6) is 0 Å². The van der Waals surface area contributed by atoms with Gasteiger partial charge in [-0.15, -0.1) is 0 Å². The Kier molecular flexibility index (Phi) is 5.40. The quantitative estimate of drug-likeness (QED) is 0.874. The summed E-state index contributed by atoms with van der Waals surface area (Å²) in [6.07, 6.45) is 1.92. The number of carbonyl (C=O) groups is 2. The maximum absolute atomic E-state index is 12.9. The van der Waals surface area contributed by atoms with Crippen molar-refractivity contribution >= 4 is 11.9 Å². The van der Waals surface area contributed by atoms with Gasteiger partial charge in [-0.3, -0.25) is 4.79 Å². The Balaban J connectivity index is 1.82. The maximum Gasteiger partial charge on any atom is 0.354 e. The molecule has 1 aliphatic heterocycles. The van der Waals surface area contributed by atoms with E-state index in [4.69, 9.17) is 9.84 Å². The predicted molar refractivity (Wildman–Crippen MR) is 91.4 cm³/mol. The van der Waals surface area contributed by atoms with E-state index in [0.29, 0.717) is 19.7 Å². The number of hydrogen-bond acceptors (Lipinski definition) is 4. The van der Waals surface area contributed by atoms with E-state index in [1.165, 1.54) is 12.1 Å². The third kappa shape index (κ3) is 4.42. The lowest BCUT2D eigenvalue weighted by Crippen LogP contribution is -2.37. The average molecular weight is 340 g/mol. The number of rotatable bonds is 6. The van der Waals surface area contributed by atoms with Gasteiger partial charge in [0, 0.05) is 19.7 Å². The van der Waals surface area contributed by atoms with Crippen molar-refractivity contribution in [2.24, 2.45) is 0 Å². The number of benzene rings is 1. The number of aromatic carboxylic acids is 1. The lowest BCUT2D eigenvalue weighted by Gasteiger charge is -2.25. The van der Waals surface area contributed by atoms with Crippen molar-refractivity contribution in [2.75, 3.05) is 13.2 Å². The molecule has 1 saturated heterocycles. The number of carboxylic acids is 1. The van der Waals surface area contributed by atoms with Gasteiger partial charge in [0.05, 0.1) is 6.10 Å². The fourth-order valence-electron chi connectivity index (χ4n) is 2.89. The zero-order valence-corrected chi connectivity index (χ0v) is 13.8. The fraction of sp³-hybridized carbons (Fsp3) is 0.316. The highest BCUT2D eigenvalue weighted by atomic mass is 16.5. The molecule has 1 aromatic carbocycles. The van der Waals surface area contributed by atoms with Crippen molar-refractivity contribution < 1.29 is 19.4 Å². The van der Waals surface area contributed by atoms with E-state index in [2.05, 4.69) is 4.98 Å². The zero-order chi connectivity index (χ0) is 17.6. The van der Waals surface area contributed by atoms with Crippen molar-refractivity contribution in [3.05, 3.63) is 65.5 Å². The highest BCUT2D eigenvalue weighted by Gasteiger charge is 2.24. The molecule has 25 heavy (non-hydrogen) atoms. The molecule has 1 atom stereocenters. The Labute approximate surface area is 146 Å². The lowest BCUT2D eigenvalue weighted by molar-refractivity contribution is 0.0502. The molecule has 1 aromatic heterocycles. The smallest absolute Gasteiger partial charge is 0.354 e. The van der Waals surface area contributed by atoms with Gasteiger partial charge in [-0.05, 0) is 30.5 Å². The summed E-state index contributed by atoms with van der Waals surface area (Å²) in [5.41, 5.74) is 1.000. The van der Waals surface area contributed by atoms with Gasteiger partial charge in [0.2, 0.25) is 0 Å². The van der Waals surface area contributed by atoms with Gasteiger partial charge < -0.3 is 14.7 Å². The number of aromatic nitrogens is 1. The van der Waals surface area contributed by atoms with Crippen LogP contribution >= 0.6 is 0 Å². The lowest BCUT2D eigenvalue weighted by atomic mass is 10.1. The second kappa shape index (κ2) is 7.90. The minimum Gasteiger partial charge on any atom is -0.477 e. The van der Waals surface area contributed by atoms with Crippen LogP contribution in [0.1, 0.15) is 39.4 Å². The van der Waals surface area contributed by atoms with Gasteiger partial charge in [-0.1, -0.05) is 36.4 Å². The molecule has 6 heteroatoms. The molecule has 0 radical (unpaired) electrons. The minimum atomic E-state index is -1.15. The normalized spacial score (nSPS) is 16.6. The average Bonchev–Trinajstić information content (AvgIpc) is 3.14. The summed E-state index contributed by atoms with van der Waals surface area (Å²) < 4.78 is 5.66. The summed E-state index contributed by atoms with van der Waals surface area (Å²) in [5, 5.41) is 9.09. The van der Waals surface area contributed by atoms with Crippen LogP contribution in [0.4, 0.5) is 0 Å². The van der Waals surface area contributed by atoms with Crippen LogP contribution in [0.2, 0.25) is 0 Å². The van der Waals surface area contributed by atoms with Gasteiger partial charge in [0.15, 0.2) is 0 Å². The summed E-state index contributed by atoms with van der Waals surface area (Å²) >= 11 is 0. The molecule has 3 rings (SSSR count). The molecule has 6 nitrogen and oxygen atoms in total. The van der Waals surface area contributed by atoms with Crippen LogP contribution in [-0.4, -0.2) is 46.1 Å². The van der Waals surface area contributed by atoms with Crippen LogP contribution in [0.25, 0.3) is 0 Å². The molecule has 0 aliphatic carbocycles. The molecular formula is C19H20N2O4. The predicted octanol–water partition coefficient (Wildman–Crippen LogP) is 2.60. The number of nitrogens with zero attached hydrogens (tertiary/aromatic N) is 2. The Morgan fingerprint density at radius 1 is 1.12 bits per heavy atom. The Morgan fingerprint density at radius 3 is 2.56 bits per heavy atom. The summed E-state index contributed by atoms with van der Waals surface area (Å²) in [6.45, 7) is 1.61. The highest BCUT2D eigenvalue weighted by Crippen LogP contribution is 2.17. The van der Waals surface area contributed by atoms with E-state index >= 15 is 0 Å². The first-order valence-electron chi connectivity index (χ1n) is 8.28. The number of amides is 1. The number of hydrogen-bond donors (Lipinski definition) is 1. The summed E-state index contributed by atoms with van der Waals surface area (Å²) in [6, 6.07) is 14.1. The molecule has 0 saturated carbocycles. The maximum atomic E-state index is 12.9. The molecule has 130 valence electrons. The summed E-state index contributed by atoms with van der Waals surface area (Å²) in [4.78, 5) is 29.7. The molecule has 0 unspecified atom stereocenters. The van der Waals surface area contributed by atoms with Gasteiger partial charge in [0.25, 0.3) is 5.91 Å². The van der Waals surface area contributed by atoms with Gasteiger partial charge >= 0.3 is 5.97 Å². The van der Waals surface area contributed by atoms with Crippen LogP contribution in [0.15, 0.2) is 48.5 Å². The molecule has 1 aliphatic rings. The van der Waals surface area contributed by atoms with Crippen LogP contribution in [0, 0.1) is 0 Å². The topological polar surface area (TPSA) is 79.7 Å². The molecule has 0 spiro atoms. The van der Waals surface area contributed by atoms with Crippen molar-refractivity contribution in [3.63, 3.8) is 0 Å². The monoisotopic (exact) mass is 340 g/mol. The Bertz CT molecular complexity index is 742. The van der Waals surface area contributed by atoms with E-state index in [9.17, 15) is 9.59 Å². The van der Waals surface area contributed by atoms with E-state index < -0.39 is 5.97 Å². The Hall–Kier alpha value is -2.73. The molecule has 1 N–H and O–H groups in total. The van der Waals surface area contributed by atoms with Crippen molar-refractivity contribution in [1.82, 2.24) is 9.88 Å². The Morgan fingerprint density at radius 2 is 1.88 bits per heavy atom. The van der Waals surface area contributed by atoms with Crippen molar-refractivity contribution in [3.8, 4) is 0 Å². The molecule has 1 fully saturated rings. The van der Waals surface area contributed by atoms with E-state index in [1.807, 2.05) is 30.3 Å².